The molecule has 1 fully saturated rings. The van der Waals surface area contributed by atoms with Crippen LogP contribution >= 0.6 is 0 Å². The van der Waals surface area contributed by atoms with Crippen LogP contribution in [0.3, 0.4) is 0 Å². The van der Waals surface area contributed by atoms with E-state index in [1.807, 2.05) is 6.92 Å². The average molecular weight is 248 g/mol. The summed E-state index contributed by atoms with van der Waals surface area (Å²) in [5.41, 5.74) is 1.56. The molecule has 0 spiro atoms. The van der Waals surface area contributed by atoms with Crippen molar-refractivity contribution in [2.24, 2.45) is 0 Å². The summed E-state index contributed by atoms with van der Waals surface area (Å²) in [6.45, 7) is 9.38. The molecule has 1 N–H and O–H groups in total. The highest BCUT2D eigenvalue weighted by Crippen LogP contribution is 2.27. The minimum atomic E-state index is 0.177. The summed E-state index contributed by atoms with van der Waals surface area (Å²) in [6.07, 6.45) is 0. The summed E-state index contributed by atoms with van der Waals surface area (Å²) in [6, 6.07) is 8.56. The molecule has 0 amide bonds. The van der Waals surface area contributed by atoms with Crippen molar-refractivity contribution in [1.29, 1.82) is 0 Å². The molecule has 1 unspecified atom stereocenters. The fourth-order valence-corrected chi connectivity index (χ4v) is 2.68. The first kappa shape index (κ1) is 13.4. The number of nitrogens with zero attached hydrogens (tertiary/aromatic N) is 1. The molecule has 1 aliphatic heterocycles. The number of ether oxygens (including phenoxy) is 1. The highest BCUT2D eigenvalue weighted by atomic mass is 16.5. The smallest absolute Gasteiger partial charge is 0.119 e. The highest BCUT2D eigenvalue weighted by Gasteiger charge is 2.29. The molecule has 0 aliphatic carbocycles. The van der Waals surface area contributed by atoms with Gasteiger partial charge < -0.3 is 15.0 Å². The Kier molecular flexibility index (Phi) is 4.25. The van der Waals surface area contributed by atoms with Crippen molar-refractivity contribution < 1.29 is 4.74 Å². The van der Waals surface area contributed by atoms with E-state index < -0.39 is 0 Å². The molecule has 1 atom stereocenters. The van der Waals surface area contributed by atoms with Crippen molar-refractivity contribution >= 4 is 0 Å². The lowest BCUT2D eigenvalue weighted by molar-refractivity contribution is 0.289. The van der Waals surface area contributed by atoms with E-state index in [2.05, 4.69) is 48.5 Å². The average Bonchev–Trinajstić information content (AvgIpc) is 2.52. The van der Waals surface area contributed by atoms with E-state index in [1.165, 1.54) is 5.56 Å². The van der Waals surface area contributed by atoms with Gasteiger partial charge in [-0.1, -0.05) is 19.1 Å². The number of rotatable bonds is 3. The number of hydrogen-bond acceptors (Lipinski definition) is 3. The zero-order valence-electron chi connectivity index (χ0n) is 11.7. The molecule has 18 heavy (non-hydrogen) atoms. The Morgan fingerprint density at radius 1 is 1.33 bits per heavy atom. The van der Waals surface area contributed by atoms with E-state index in [-0.39, 0.29) is 5.41 Å². The molecule has 1 saturated heterocycles. The number of likely N-dealkylation sites (N-methyl/N-ethyl adjacent to an activating group) is 1. The van der Waals surface area contributed by atoms with Gasteiger partial charge in [0.1, 0.15) is 5.75 Å². The van der Waals surface area contributed by atoms with Crippen molar-refractivity contribution in [3.8, 4) is 5.75 Å². The van der Waals surface area contributed by atoms with Gasteiger partial charge in [0.25, 0.3) is 0 Å². The molecule has 100 valence electrons. The van der Waals surface area contributed by atoms with E-state index in [0.717, 1.165) is 38.5 Å². The van der Waals surface area contributed by atoms with Gasteiger partial charge in [0.15, 0.2) is 0 Å². The number of hydrogen-bond donors (Lipinski definition) is 1. The lowest BCUT2D eigenvalue weighted by Crippen LogP contribution is -2.39. The maximum Gasteiger partial charge on any atom is 0.119 e. The maximum absolute atomic E-state index is 5.50. The molecule has 1 aromatic carbocycles. The topological polar surface area (TPSA) is 24.5 Å². The van der Waals surface area contributed by atoms with E-state index in [1.54, 1.807) is 0 Å². The lowest BCUT2D eigenvalue weighted by Gasteiger charge is -2.31. The SMILES string of the molecule is CCOc1ccc(C2(C)CNCCN(C)C2)cc1. The molecular formula is C15H24N2O. The summed E-state index contributed by atoms with van der Waals surface area (Å²) in [4.78, 5) is 2.40. The molecule has 3 nitrogen and oxygen atoms in total. The predicted octanol–water partition coefficient (Wildman–Crippen LogP) is 1.88. The first-order valence-electron chi connectivity index (χ1n) is 6.77. The van der Waals surface area contributed by atoms with Crippen LogP contribution in [0.1, 0.15) is 19.4 Å². The van der Waals surface area contributed by atoms with Crippen LogP contribution in [-0.2, 0) is 5.41 Å². The summed E-state index contributed by atoms with van der Waals surface area (Å²) >= 11 is 0. The second kappa shape index (κ2) is 5.72. The number of nitrogens with one attached hydrogen (secondary N) is 1. The Morgan fingerprint density at radius 2 is 2.06 bits per heavy atom. The van der Waals surface area contributed by atoms with Crippen LogP contribution in [-0.4, -0.2) is 44.7 Å². The first-order chi connectivity index (χ1) is 8.64. The summed E-state index contributed by atoms with van der Waals surface area (Å²) in [7, 11) is 2.19. The van der Waals surface area contributed by atoms with Gasteiger partial charge in [-0.3, -0.25) is 0 Å². The molecule has 2 rings (SSSR count). The van der Waals surface area contributed by atoms with Gasteiger partial charge in [0, 0.05) is 31.6 Å². The Morgan fingerprint density at radius 3 is 2.72 bits per heavy atom. The Hall–Kier alpha value is -1.06. The molecular weight excluding hydrogens is 224 g/mol. The van der Waals surface area contributed by atoms with Gasteiger partial charge in [-0.15, -0.1) is 0 Å². The summed E-state index contributed by atoms with van der Waals surface area (Å²) in [5.74, 6) is 0.958. The van der Waals surface area contributed by atoms with Crippen LogP contribution in [0.5, 0.6) is 5.75 Å². The van der Waals surface area contributed by atoms with Crippen LogP contribution in [0.2, 0.25) is 0 Å². The van der Waals surface area contributed by atoms with Gasteiger partial charge in [-0.25, -0.2) is 0 Å². The van der Waals surface area contributed by atoms with Crippen LogP contribution < -0.4 is 10.1 Å². The fourth-order valence-electron chi connectivity index (χ4n) is 2.68. The third-order valence-electron chi connectivity index (χ3n) is 3.67. The second-order valence-corrected chi connectivity index (χ2v) is 5.43. The summed E-state index contributed by atoms with van der Waals surface area (Å²) in [5, 5.41) is 3.53. The van der Waals surface area contributed by atoms with Crippen molar-refractivity contribution in [3.63, 3.8) is 0 Å². The Bertz CT molecular complexity index is 377. The largest absolute Gasteiger partial charge is 0.494 e. The normalized spacial score (nSPS) is 25.7. The first-order valence-corrected chi connectivity index (χ1v) is 6.77. The fraction of sp³-hybridized carbons (Fsp3) is 0.600. The second-order valence-electron chi connectivity index (χ2n) is 5.43. The quantitative estimate of drug-likeness (QED) is 0.884. The monoisotopic (exact) mass is 248 g/mol. The minimum Gasteiger partial charge on any atom is -0.494 e. The van der Waals surface area contributed by atoms with Gasteiger partial charge in [-0.2, -0.15) is 0 Å². The van der Waals surface area contributed by atoms with Crippen molar-refractivity contribution in [3.05, 3.63) is 29.8 Å². The van der Waals surface area contributed by atoms with Crippen LogP contribution in [0.25, 0.3) is 0 Å². The van der Waals surface area contributed by atoms with E-state index >= 15 is 0 Å². The minimum absolute atomic E-state index is 0.177. The van der Waals surface area contributed by atoms with Gasteiger partial charge in [-0.05, 0) is 31.7 Å². The molecule has 0 saturated carbocycles. The van der Waals surface area contributed by atoms with Gasteiger partial charge in [0.2, 0.25) is 0 Å². The highest BCUT2D eigenvalue weighted by molar-refractivity contribution is 5.33. The van der Waals surface area contributed by atoms with E-state index in [4.69, 9.17) is 4.74 Å². The van der Waals surface area contributed by atoms with E-state index in [0.29, 0.717) is 0 Å². The molecule has 1 heterocycles. The Labute approximate surface area is 110 Å². The lowest BCUT2D eigenvalue weighted by atomic mass is 9.82. The third-order valence-corrected chi connectivity index (χ3v) is 3.67. The summed E-state index contributed by atoms with van der Waals surface area (Å²) < 4.78 is 5.50. The zero-order valence-corrected chi connectivity index (χ0v) is 11.7. The molecule has 0 aromatic heterocycles. The number of benzene rings is 1. The third kappa shape index (κ3) is 3.03. The van der Waals surface area contributed by atoms with Crippen molar-refractivity contribution in [1.82, 2.24) is 10.2 Å². The molecule has 1 aliphatic rings. The predicted molar refractivity (Wildman–Crippen MR) is 75.3 cm³/mol. The zero-order chi connectivity index (χ0) is 13.0. The molecule has 0 radical (unpaired) electrons. The van der Waals surface area contributed by atoms with Gasteiger partial charge >= 0.3 is 0 Å². The van der Waals surface area contributed by atoms with Crippen molar-refractivity contribution in [2.75, 3.05) is 39.8 Å². The van der Waals surface area contributed by atoms with Crippen molar-refractivity contribution in [2.45, 2.75) is 19.3 Å². The van der Waals surface area contributed by atoms with Crippen LogP contribution in [0, 0.1) is 0 Å². The van der Waals surface area contributed by atoms with Gasteiger partial charge in [0.05, 0.1) is 6.61 Å². The van der Waals surface area contributed by atoms with Crippen LogP contribution in [0.4, 0.5) is 0 Å². The molecule has 0 bridgehead atoms. The van der Waals surface area contributed by atoms with Crippen LogP contribution in [0.15, 0.2) is 24.3 Å². The van der Waals surface area contributed by atoms with E-state index in [9.17, 15) is 0 Å². The maximum atomic E-state index is 5.50. The molecule has 1 aromatic rings. The Balaban J connectivity index is 2.17. The standard InChI is InChI=1S/C15H24N2O/c1-4-18-14-7-5-13(6-8-14)15(2)11-16-9-10-17(3)12-15/h5-8,16H,4,9-12H2,1-3H3. The molecule has 3 heteroatoms.